The first-order valence-electron chi connectivity index (χ1n) is 8.47. The van der Waals surface area contributed by atoms with Crippen LogP contribution in [0.25, 0.3) is 5.69 Å². The van der Waals surface area contributed by atoms with Crippen molar-refractivity contribution in [1.82, 2.24) is 9.78 Å². The highest BCUT2D eigenvalue weighted by molar-refractivity contribution is 6.31. The third kappa shape index (κ3) is 4.40. The second kappa shape index (κ2) is 8.78. The van der Waals surface area contributed by atoms with Gasteiger partial charge >= 0.3 is 5.97 Å². The second-order valence-electron chi connectivity index (χ2n) is 5.75. The third-order valence-electron chi connectivity index (χ3n) is 3.88. The standard InChI is InChI=1S/C20H14Cl2N4O3/c1-2-29-20(28)17-16(11-23)18(24-19(27)12-3-5-13(21)6-4-12)26(25-17)15-9-7-14(22)8-10-15/h3-10H,2H2,1H3,(H,24,27). The molecule has 0 fully saturated rings. The first-order valence-corrected chi connectivity index (χ1v) is 9.23. The molecule has 1 N–H and O–H groups in total. The van der Waals surface area contributed by atoms with Gasteiger partial charge in [0.1, 0.15) is 11.6 Å². The summed E-state index contributed by atoms with van der Waals surface area (Å²) in [5.74, 6) is -1.22. The molecule has 0 saturated heterocycles. The van der Waals surface area contributed by atoms with E-state index in [0.29, 0.717) is 21.3 Å². The minimum Gasteiger partial charge on any atom is -0.461 e. The van der Waals surface area contributed by atoms with Crippen LogP contribution in [-0.4, -0.2) is 28.3 Å². The number of carbonyl (C=O) groups excluding carboxylic acids is 2. The molecule has 0 bridgehead atoms. The summed E-state index contributed by atoms with van der Waals surface area (Å²) in [5, 5.41) is 17.5. The van der Waals surface area contributed by atoms with Gasteiger partial charge in [-0.25, -0.2) is 9.48 Å². The van der Waals surface area contributed by atoms with Gasteiger partial charge in [-0.15, -0.1) is 0 Å². The maximum absolute atomic E-state index is 12.7. The lowest BCUT2D eigenvalue weighted by atomic mass is 10.2. The lowest BCUT2D eigenvalue weighted by Gasteiger charge is -2.09. The molecule has 29 heavy (non-hydrogen) atoms. The van der Waals surface area contributed by atoms with Crippen LogP contribution in [0.5, 0.6) is 0 Å². The van der Waals surface area contributed by atoms with Crippen molar-refractivity contribution in [2.45, 2.75) is 6.92 Å². The van der Waals surface area contributed by atoms with Crippen molar-refractivity contribution >= 4 is 40.9 Å². The number of amides is 1. The van der Waals surface area contributed by atoms with Gasteiger partial charge in [-0.05, 0) is 55.5 Å². The van der Waals surface area contributed by atoms with Gasteiger partial charge in [0.15, 0.2) is 11.5 Å². The van der Waals surface area contributed by atoms with Crippen molar-refractivity contribution in [3.63, 3.8) is 0 Å². The Morgan fingerprint density at radius 3 is 2.24 bits per heavy atom. The summed E-state index contributed by atoms with van der Waals surface area (Å²) in [6, 6.07) is 14.7. The number of benzene rings is 2. The summed E-state index contributed by atoms with van der Waals surface area (Å²) >= 11 is 11.8. The highest BCUT2D eigenvalue weighted by atomic mass is 35.5. The summed E-state index contributed by atoms with van der Waals surface area (Å²) in [7, 11) is 0. The number of carbonyl (C=O) groups is 2. The number of ether oxygens (including phenoxy) is 1. The zero-order valence-electron chi connectivity index (χ0n) is 15.1. The van der Waals surface area contributed by atoms with Crippen molar-refractivity contribution in [1.29, 1.82) is 5.26 Å². The Bertz CT molecular complexity index is 1100. The monoisotopic (exact) mass is 428 g/mol. The lowest BCUT2D eigenvalue weighted by Crippen LogP contribution is -2.16. The van der Waals surface area contributed by atoms with Gasteiger partial charge in [-0.3, -0.25) is 4.79 Å². The fourth-order valence-electron chi connectivity index (χ4n) is 2.53. The Balaban J connectivity index is 2.10. The number of esters is 1. The molecule has 3 aromatic rings. The molecule has 0 radical (unpaired) electrons. The zero-order valence-corrected chi connectivity index (χ0v) is 16.7. The smallest absolute Gasteiger partial charge is 0.360 e. The van der Waals surface area contributed by atoms with Gasteiger partial charge in [0.2, 0.25) is 0 Å². The van der Waals surface area contributed by atoms with E-state index in [4.69, 9.17) is 27.9 Å². The van der Waals surface area contributed by atoms with E-state index in [1.165, 1.54) is 4.68 Å². The molecule has 0 aliphatic heterocycles. The Morgan fingerprint density at radius 2 is 1.69 bits per heavy atom. The minimum atomic E-state index is -0.765. The number of aromatic nitrogens is 2. The van der Waals surface area contributed by atoms with Crippen LogP contribution in [0.2, 0.25) is 10.0 Å². The first kappa shape index (κ1) is 20.4. The number of anilines is 1. The molecule has 0 aliphatic carbocycles. The van der Waals surface area contributed by atoms with E-state index in [1.807, 2.05) is 6.07 Å². The van der Waals surface area contributed by atoms with Gasteiger partial charge in [0.05, 0.1) is 12.3 Å². The molecule has 0 spiro atoms. The molecule has 146 valence electrons. The van der Waals surface area contributed by atoms with Crippen LogP contribution < -0.4 is 5.32 Å². The van der Waals surface area contributed by atoms with E-state index in [1.54, 1.807) is 55.5 Å². The van der Waals surface area contributed by atoms with E-state index >= 15 is 0 Å². The van der Waals surface area contributed by atoms with Crippen molar-refractivity contribution in [3.8, 4) is 11.8 Å². The molecule has 0 atom stereocenters. The fraction of sp³-hybridized carbons (Fsp3) is 0.100. The Labute approximate surface area is 176 Å². The third-order valence-corrected chi connectivity index (χ3v) is 4.38. The van der Waals surface area contributed by atoms with E-state index in [-0.39, 0.29) is 23.7 Å². The van der Waals surface area contributed by atoms with Crippen LogP contribution >= 0.6 is 23.2 Å². The number of hydrogen-bond donors (Lipinski definition) is 1. The van der Waals surface area contributed by atoms with Crippen molar-refractivity contribution in [3.05, 3.63) is 75.4 Å². The van der Waals surface area contributed by atoms with Crippen molar-refractivity contribution in [2.75, 3.05) is 11.9 Å². The highest BCUT2D eigenvalue weighted by Gasteiger charge is 2.26. The summed E-state index contributed by atoms with van der Waals surface area (Å²) in [6.07, 6.45) is 0. The molecule has 0 unspecified atom stereocenters. The first-order chi connectivity index (χ1) is 13.9. The zero-order chi connectivity index (χ0) is 21.0. The Kier molecular flexibility index (Phi) is 6.17. The van der Waals surface area contributed by atoms with Crippen LogP contribution in [0, 0.1) is 11.3 Å². The number of hydrogen-bond acceptors (Lipinski definition) is 5. The molecule has 9 heteroatoms. The number of nitrogens with zero attached hydrogens (tertiary/aromatic N) is 3. The fourth-order valence-corrected chi connectivity index (χ4v) is 2.78. The summed E-state index contributed by atoms with van der Waals surface area (Å²) in [4.78, 5) is 25.0. The normalized spacial score (nSPS) is 10.3. The highest BCUT2D eigenvalue weighted by Crippen LogP contribution is 2.26. The van der Waals surface area contributed by atoms with Crippen LogP contribution in [0.15, 0.2) is 48.5 Å². The predicted octanol–water partition coefficient (Wildman–Crippen LogP) is 4.48. The molecule has 1 aromatic heterocycles. The van der Waals surface area contributed by atoms with Crippen LogP contribution in [0.3, 0.4) is 0 Å². The van der Waals surface area contributed by atoms with E-state index in [9.17, 15) is 14.9 Å². The quantitative estimate of drug-likeness (QED) is 0.604. The van der Waals surface area contributed by atoms with Crippen molar-refractivity contribution < 1.29 is 14.3 Å². The van der Waals surface area contributed by atoms with Gasteiger partial charge in [0, 0.05) is 15.6 Å². The molecule has 0 aliphatic rings. The van der Waals surface area contributed by atoms with E-state index in [0.717, 1.165) is 0 Å². The van der Waals surface area contributed by atoms with Gasteiger partial charge in [-0.2, -0.15) is 10.4 Å². The van der Waals surface area contributed by atoms with Gasteiger partial charge < -0.3 is 10.1 Å². The van der Waals surface area contributed by atoms with Crippen LogP contribution in [0.1, 0.15) is 33.3 Å². The van der Waals surface area contributed by atoms with Crippen LogP contribution in [0.4, 0.5) is 5.82 Å². The second-order valence-corrected chi connectivity index (χ2v) is 6.63. The van der Waals surface area contributed by atoms with Crippen LogP contribution in [-0.2, 0) is 4.74 Å². The molecule has 1 amide bonds. The molecular formula is C20H14Cl2N4O3. The number of nitriles is 1. The predicted molar refractivity (Wildman–Crippen MR) is 109 cm³/mol. The largest absolute Gasteiger partial charge is 0.461 e. The van der Waals surface area contributed by atoms with Gasteiger partial charge in [0.25, 0.3) is 5.91 Å². The molecule has 2 aromatic carbocycles. The maximum atomic E-state index is 12.7. The summed E-state index contributed by atoms with van der Waals surface area (Å²) in [5.41, 5.74) is 0.504. The number of halogens is 2. The molecule has 7 nitrogen and oxygen atoms in total. The molecular weight excluding hydrogens is 415 g/mol. The maximum Gasteiger partial charge on any atom is 0.360 e. The summed E-state index contributed by atoms with van der Waals surface area (Å²) in [6.45, 7) is 1.76. The van der Waals surface area contributed by atoms with Gasteiger partial charge in [-0.1, -0.05) is 23.2 Å². The number of rotatable bonds is 5. The Hall–Kier alpha value is -3.34. The molecule has 1 heterocycles. The average molecular weight is 429 g/mol. The van der Waals surface area contributed by atoms with E-state index in [2.05, 4.69) is 10.4 Å². The lowest BCUT2D eigenvalue weighted by molar-refractivity contribution is 0.0518. The van der Waals surface area contributed by atoms with Crippen molar-refractivity contribution in [2.24, 2.45) is 0 Å². The summed E-state index contributed by atoms with van der Waals surface area (Å²) < 4.78 is 6.27. The van der Waals surface area contributed by atoms with E-state index < -0.39 is 11.9 Å². The minimum absolute atomic E-state index is 0.0397. The topological polar surface area (TPSA) is 97.0 Å². The average Bonchev–Trinajstić information content (AvgIpc) is 3.07. The Morgan fingerprint density at radius 1 is 1.10 bits per heavy atom. The number of nitrogens with one attached hydrogen (secondary N) is 1. The molecule has 3 rings (SSSR count). The molecule has 0 saturated carbocycles. The SMILES string of the molecule is CCOC(=O)c1nn(-c2ccc(Cl)cc2)c(NC(=O)c2ccc(Cl)cc2)c1C#N.